The summed E-state index contributed by atoms with van der Waals surface area (Å²) in [5.41, 5.74) is 1.65. The third kappa shape index (κ3) is 4.28. The van der Waals surface area contributed by atoms with Gasteiger partial charge in [-0.3, -0.25) is 0 Å². The fourth-order valence-corrected chi connectivity index (χ4v) is 5.60. The number of carbonyl (C=O) groups is 1. The third-order valence-corrected chi connectivity index (χ3v) is 7.46. The van der Waals surface area contributed by atoms with E-state index in [0.717, 1.165) is 10.8 Å². The van der Waals surface area contributed by atoms with Crippen molar-refractivity contribution in [1.82, 2.24) is 0 Å². The molecule has 0 saturated carbocycles. The Balaban J connectivity index is 1.32. The van der Waals surface area contributed by atoms with Crippen LogP contribution in [0.5, 0.6) is 5.75 Å². The van der Waals surface area contributed by atoms with Crippen molar-refractivity contribution in [3.05, 3.63) is 126 Å². The van der Waals surface area contributed by atoms with E-state index in [1.807, 2.05) is 42.5 Å². The number of hydrogen-bond donors (Lipinski definition) is 0. The highest BCUT2D eigenvalue weighted by molar-refractivity contribution is 7.90. The Labute approximate surface area is 213 Å². The van der Waals surface area contributed by atoms with Crippen LogP contribution in [0.1, 0.15) is 21.7 Å². The average molecular weight is 509 g/mol. The smallest absolute Gasteiger partial charge is 0.344 e. The Bertz CT molecular complexity index is 1750. The standard InChI is InChI=1S/C29H20N2O5S/c32-29(25-12-5-8-20-7-1-2-10-24(20)25)36-22-16-14-21(15-17-22)31(19-23-9-6-18-35-23)28-26-11-3-4-13-27(26)37(33,34)30-28/h1-18H,19H2. The summed E-state index contributed by atoms with van der Waals surface area (Å²) in [4.78, 5) is 14.9. The number of carbonyl (C=O) groups excluding carboxylic acids is 1. The van der Waals surface area contributed by atoms with E-state index in [1.165, 1.54) is 0 Å². The first-order valence-electron chi connectivity index (χ1n) is 11.5. The lowest BCUT2D eigenvalue weighted by Gasteiger charge is -2.24. The molecule has 37 heavy (non-hydrogen) atoms. The molecule has 182 valence electrons. The Morgan fingerprint density at radius 1 is 0.838 bits per heavy atom. The number of esters is 1. The van der Waals surface area contributed by atoms with Crippen molar-refractivity contribution >= 4 is 38.3 Å². The van der Waals surface area contributed by atoms with E-state index in [0.29, 0.717) is 34.2 Å². The van der Waals surface area contributed by atoms with E-state index in [4.69, 9.17) is 9.15 Å². The molecule has 1 aliphatic rings. The minimum Gasteiger partial charge on any atom is -0.467 e. The molecule has 5 aromatic rings. The van der Waals surface area contributed by atoms with E-state index in [1.54, 1.807) is 71.8 Å². The van der Waals surface area contributed by atoms with Crippen LogP contribution in [0.2, 0.25) is 0 Å². The molecule has 2 heterocycles. The van der Waals surface area contributed by atoms with E-state index in [-0.39, 0.29) is 11.4 Å². The number of anilines is 1. The van der Waals surface area contributed by atoms with Gasteiger partial charge in [-0.05, 0) is 65.4 Å². The van der Waals surface area contributed by atoms with Gasteiger partial charge in [-0.1, -0.05) is 48.5 Å². The first kappa shape index (κ1) is 22.8. The number of rotatable bonds is 5. The number of benzene rings is 4. The van der Waals surface area contributed by atoms with Gasteiger partial charge in [0.15, 0.2) is 5.84 Å². The Morgan fingerprint density at radius 2 is 1.59 bits per heavy atom. The molecule has 7 nitrogen and oxygen atoms in total. The van der Waals surface area contributed by atoms with Gasteiger partial charge in [-0.15, -0.1) is 4.40 Å². The van der Waals surface area contributed by atoms with E-state index < -0.39 is 16.0 Å². The molecule has 6 rings (SSSR count). The van der Waals surface area contributed by atoms with Gasteiger partial charge in [0.05, 0.1) is 18.4 Å². The summed E-state index contributed by atoms with van der Waals surface area (Å²) in [5, 5.41) is 1.77. The summed E-state index contributed by atoms with van der Waals surface area (Å²) in [6.45, 7) is 0.255. The van der Waals surface area contributed by atoms with Gasteiger partial charge in [-0.25, -0.2) is 4.79 Å². The molecule has 0 unspecified atom stereocenters. The molecule has 0 bridgehead atoms. The predicted molar refractivity (Wildman–Crippen MR) is 140 cm³/mol. The Kier molecular flexibility index (Phi) is 5.58. The minimum absolute atomic E-state index is 0.162. The SMILES string of the molecule is O=C(Oc1ccc(N(Cc2ccco2)C2=NS(=O)(=O)c3ccccc32)cc1)c1cccc2ccccc12. The molecule has 0 atom stereocenters. The first-order chi connectivity index (χ1) is 18.0. The fraction of sp³-hybridized carbons (Fsp3) is 0.0345. The fourth-order valence-electron chi connectivity index (χ4n) is 4.39. The van der Waals surface area contributed by atoms with Crippen molar-refractivity contribution in [3.63, 3.8) is 0 Å². The summed E-state index contributed by atoms with van der Waals surface area (Å²) < 4.78 is 40.7. The molecule has 8 heteroatoms. The molecule has 0 saturated heterocycles. The quantitative estimate of drug-likeness (QED) is 0.220. The van der Waals surface area contributed by atoms with Crippen LogP contribution in [0, 0.1) is 0 Å². The summed E-state index contributed by atoms with van der Waals surface area (Å²) in [7, 11) is -3.81. The van der Waals surface area contributed by atoms with Gasteiger partial charge in [0, 0.05) is 11.3 Å². The van der Waals surface area contributed by atoms with E-state index >= 15 is 0 Å². The van der Waals surface area contributed by atoms with Crippen molar-refractivity contribution in [2.75, 3.05) is 4.90 Å². The zero-order valence-corrected chi connectivity index (χ0v) is 20.3. The molecular weight excluding hydrogens is 488 g/mol. The highest BCUT2D eigenvalue weighted by Crippen LogP contribution is 2.32. The lowest BCUT2D eigenvalue weighted by atomic mass is 10.0. The van der Waals surface area contributed by atoms with E-state index in [9.17, 15) is 13.2 Å². The van der Waals surface area contributed by atoms with Crippen LogP contribution >= 0.6 is 0 Å². The number of furan rings is 1. The minimum atomic E-state index is -3.81. The van der Waals surface area contributed by atoms with Crippen LogP contribution in [-0.4, -0.2) is 20.2 Å². The summed E-state index contributed by atoms with van der Waals surface area (Å²) in [5.74, 6) is 0.835. The highest BCUT2D eigenvalue weighted by atomic mass is 32.2. The maximum absolute atomic E-state index is 12.9. The molecule has 0 fully saturated rings. The van der Waals surface area contributed by atoms with Gasteiger partial charge >= 0.3 is 5.97 Å². The van der Waals surface area contributed by atoms with Gasteiger partial charge in [0.2, 0.25) is 0 Å². The van der Waals surface area contributed by atoms with Crippen LogP contribution in [0.4, 0.5) is 5.69 Å². The average Bonchev–Trinajstić information content (AvgIpc) is 3.53. The molecule has 4 aromatic carbocycles. The number of ether oxygens (including phenoxy) is 1. The Morgan fingerprint density at radius 3 is 2.41 bits per heavy atom. The molecule has 1 aromatic heterocycles. The maximum Gasteiger partial charge on any atom is 0.344 e. The Hall–Kier alpha value is -4.69. The predicted octanol–water partition coefficient (Wildman–Crippen LogP) is 5.81. The number of fused-ring (bicyclic) bond motifs is 2. The van der Waals surface area contributed by atoms with Crippen LogP contribution in [-0.2, 0) is 16.6 Å². The number of hydrogen-bond acceptors (Lipinski definition) is 6. The lowest BCUT2D eigenvalue weighted by Crippen LogP contribution is -2.30. The highest BCUT2D eigenvalue weighted by Gasteiger charge is 2.32. The monoisotopic (exact) mass is 508 g/mol. The van der Waals surface area contributed by atoms with Gasteiger partial charge < -0.3 is 14.1 Å². The number of nitrogens with zero attached hydrogens (tertiary/aromatic N) is 2. The number of amidine groups is 1. The molecule has 0 amide bonds. The molecule has 0 N–H and O–H groups in total. The van der Waals surface area contributed by atoms with E-state index in [2.05, 4.69) is 4.40 Å². The largest absolute Gasteiger partial charge is 0.467 e. The lowest BCUT2D eigenvalue weighted by molar-refractivity contribution is 0.0737. The van der Waals surface area contributed by atoms with Crippen LogP contribution in [0.25, 0.3) is 10.8 Å². The summed E-state index contributed by atoms with van der Waals surface area (Å²) in [6, 6.07) is 30.3. The molecule has 1 aliphatic heterocycles. The second-order valence-electron chi connectivity index (χ2n) is 8.46. The van der Waals surface area contributed by atoms with Crippen molar-refractivity contribution in [2.24, 2.45) is 4.40 Å². The van der Waals surface area contributed by atoms with Gasteiger partial charge in [-0.2, -0.15) is 8.42 Å². The van der Waals surface area contributed by atoms with Crippen LogP contribution in [0.15, 0.2) is 123 Å². The van der Waals surface area contributed by atoms with Crippen molar-refractivity contribution in [3.8, 4) is 5.75 Å². The maximum atomic E-state index is 12.9. The van der Waals surface area contributed by atoms with Crippen molar-refractivity contribution in [2.45, 2.75) is 11.4 Å². The number of sulfonamides is 1. The van der Waals surface area contributed by atoms with Crippen molar-refractivity contribution in [1.29, 1.82) is 0 Å². The summed E-state index contributed by atoms with van der Waals surface area (Å²) in [6.07, 6.45) is 1.56. The second kappa shape index (κ2) is 9.07. The molecule has 0 aliphatic carbocycles. The van der Waals surface area contributed by atoms with Crippen molar-refractivity contribution < 1.29 is 22.4 Å². The topological polar surface area (TPSA) is 89.2 Å². The normalized spacial score (nSPS) is 13.7. The second-order valence-corrected chi connectivity index (χ2v) is 10.0. The van der Waals surface area contributed by atoms with Crippen LogP contribution in [0.3, 0.4) is 0 Å². The molecule has 0 spiro atoms. The molecule has 0 radical (unpaired) electrons. The summed E-state index contributed by atoms with van der Waals surface area (Å²) >= 11 is 0. The first-order valence-corrected chi connectivity index (χ1v) is 13.0. The zero-order valence-electron chi connectivity index (χ0n) is 19.4. The third-order valence-electron chi connectivity index (χ3n) is 6.13. The zero-order chi connectivity index (χ0) is 25.4. The van der Waals surface area contributed by atoms with Crippen LogP contribution < -0.4 is 9.64 Å². The van der Waals surface area contributed by atoms with Gasteiger partial charge in [0.1, 0.15) is 16.4 Å². The van der Waals surface area contributed by atoms with Gasteiger partial charge in [0.25, 0.3) is 10.0 Å². The molecular formula is C29H20N2O5S.